The van der Waals surface area contributed by atoms with Crippen molar-refractivity contribution < 1.29 is 29.7 Å². The van der Waals surface area contributed by atoms with E-state index in [4.69, 9.17) is 15.3 Å². The summed E-state index contributed by atoms with van der Waals surface area (Å²) in [4.78, 5) is 35.0. The highest BCUT2D eigenvalue weighted by Gasteiger charge is 2.26. The normalized spacial score (nSPS) is 17.3. The smallest absolute Gasteiger partial charge is 0.326 e. The second-order valence-corrected chi connectivity index (χ2v) is 5.24. The van der Waals surface area contributed by atoms with E-state index < -0.39 is 24.0 Å². The lowest BCUT2D eigenvalue weighted by atomic mass is 9.98. The molecule has 2 amide bonds. The first-order chi connectivity index (χ1) is 9.93. The Kier molecular flexibility index (Phi) is 6.93. The van der Waals surface area contributed by atoms with Gasteiger partial charge in [0.05, 0.1) is 0 Å². The SMILES string of the molecule is O=C(O)CCC[C@@H](NC(=O)N1CCC(CO)CC1)C(=O)O. The molecule has 1 fully saturated rings. The number of aliphatic hydroxyl groups is 1. The highest BCUT2D eigenvalue weighted by Crippen LogP contribution is 2.16. The summed E-state index contributed by atoms with van der Waals surface area (Å²) in [7, 11) is 0. The van der Waals surface area contributed by atoms with E-state index in [0.29, 0.717) is 25.9 Å². The summed E-state index contributed by atoms with van der Waals surface area (Å²) in [6, 6.07) is -1.53. The zero-order valence-corrected chi connectivity index (χ0v) is 11.8. The second-order valence-electron chi connectivity index (χ2n) is 5.24. The Hall–Kier alpha value is -1.83. The van der Waals surface area contributed by atoms with Gasteiger partial charge in [-0.05, 0) is 31.6 Å². The molecule has 4 N–H and O–H groups in total. The number of nitrogens with one attached hydrogen (secondary N) is 1. The maximum atomic E-state index is 12.0. The van der Waals surface area contributed by atoms with Crippen molar-refractivity contribution in [3.05, 3.63) is 0 Å². The number of likely N-dealkylation sites (tertiary alicyclic amines) is 1. The van der Waals surface area contributed by atoms with Crippen LogP contribution in [0.15, 0.2) is 0 Å². The minimum atomic E-state index is -1.17. The van der Waals surface area contributed by atoms with Gasteiger partial charge in [0.25, 0.3) is 0 Å². The number of aliphatic hydroxyl groups excluding tert-OH is 1. The number of hydrogen-bond acceptors (Lipinski definition) is 4. The zero-order chi connectivity index (χ0) is 15.8. The predicted molar refractivity (Wildman–Crippen MR) is 72.8 cm³/mol. The number of aliphatic carboxylic acids is 2. The van der Waals surface area contributed by atoms with Gasteiger partial charge in [0, 0.05) is 26.1 Å². The molecule has 1 atom stereocenters. The summed E-state index contributed by atoms with van der Waals surface area (Å²) in [5.41, 5.74) is 0. The van der Waals surface area contributed by atoms with Gasteiger partial charge in [-0.1, -0.05) is 0 Å². The fraction of sp³-hybridized carbons (Fsp3) is 0.769. The van der Waals surface area contributed by atoms with Crippen LogP contribution < -0.4 is 5.32 Å². The third-order valence-electron chi connectivity index (χ3n) is 3.64. The summed E-state index contributed by atoms with van der Waals surface area (Å²) in [5, 5.41) is 29.0. The Morgan fingerprint density at radius 1 is 1.19 bits per heavy atom. The van der Waals surface area contributed by atoms with Crippen LogP contribution in [0.3, 0.4) is 0 Å². The van der Waals surface area contributed by atoms with E-state index in [-0.39, 0.29) is 31.8 Å². The van der Waals surface area contributed by atoms with Crippen molar-refractivity contribution >= 4 is 18.0 Å². The Morgan fingerprint density at radius 2 is 1.81 bits per heavy atom. The lowest BCUT2D eigenvalue weighted by Crippen LogP contribution is -2.50. The zero-order valence-electron chi connectivity index (χ0n) is 11.8. The number of rotatable bonds is 7. The van der Waals surface area contributed by atoms with Crippen molar-refractivity contribution in [2.75, 3.05) is 19.7 Å². The summed E-state index contributed by atoms with van der Waals surface area (Å²) in [5.74, 6) is -1.96. The first kappa shape index (κ1) is 17.2. The molecular formula is C13H22N2O6. The van der Waals surface area contributed by atoms with Gasteiger partial charge < -0.3 is 25.5 Å². The second kappa shape index (κ2) is 8.46. The van der Waals surface area contributed by atoms with Crippen LogP contribution in [-0.2, 0) is 9.59 Å². The quantitative estimate of drug-likeness (QED) is 0.528. The summed E-state index contributed by atoms with van der Waals surface area (Å²) in [6.07, 6.45) is 1.54. The lowest BCUT2D eigenvalue weighted by molar-refractivity contribution is -0.140. The van der Waals surface area contributed by atoms with Gasteiger partial charge in [0.15, 0.2) is 0 Å². The Balaban J connectivity index is 2.41. The number of piperidine rings is 1. The van der Waals surface area contributed by atoms with Crippen LogP contribution in [0, 0.1) is 5.92 Å². The number of carbonyl (C=O) groups is 3. The number of carboxylic acid groups (broad SMARTS) is 2. The van der Waals surface area contributed by atoms with Gasteiger partial charge in [-0.3, -0.25) is 4.79 Å². The van der Waals surface area contributed by atoms with Gasteiger partial charge in [0.1, 0.15) is 6.04 Å². The van der Waals surface area contributed by atoms with Crippen LogP contribution >= 0.6 is 0 Å². The van der Waals surface area contributed by atoms with E-state index in [1.54, 1.807) is 0 Å². The predicted octanol–water partition coefficient (Wildman–Crippen LogP) is 0.108. The number of nitrogens with zero attached hydrogens (tertiary/aromatic N) is 1. The number of hydrogen-bond donors (Lipinski definition) is 4. The summed E-state index contributed by atoms with van der Waals surface area (Å²) in [6.45, 7) is 1.07. The van der Waals surface area contributed by atoms with Gasteiger partial charge in [0.2, 0.25) is 0 Å². The Bertz CT molecular complexity index is 379. The van der Waals surface area contributed by atoms with Gasteiger partial charge in [-0.15, -0.1) is 0 Å². The maximum absolute atomic E-state index is 12.0. The molecule has 0 bridgehead atoms. The Morgan fingerprint density at radius 3 is 2.29 bits per heavy atom. The van der Waals surface area contributed by atoms with Gasteiger partial charge in [-0.2, -0.15) is 0 Å². The molecule has 0 aromatic carbocycles. The first-order valence-corrected chi connectivity index (χ1v) is 7.05. The average molecular weight is 302 g/mol. The molecule has 0 aromatic rings. The largest absolute Gasteiger partial charge is 0.481 e. The monoisotopic (exact) mass is 302 g/mol. The topological polar surface area (TPSA) is 127 Å². The van der Waals surface area contributed by atoms with E-state index in [0.717, 1.165) is 0 Å². The molecule has 8 heteroatoms. The third kappa shape index (κ3) is 5.99. The van der Waals surface area contributed by atoms with E-state index >= 15 is 0 Å². The maximum Gasteiger partial charge on any atom is 0.326 e. The fourth-order valence-corrected chi connectivity index (χ4v) is 2.27. The molecule has 0 unspecified atom stereocenters. The van der Waals surface area contributed by atoms with Gasteiger partial charge in [-0.25, -0.2) is 9.59 Å². The molecule has 0 spiro atoms. The highest BCUT2D eigenvalue weighted by atomic mass is 16.4. The standard InChI is InChI=1S/C13H22N2O6/c16-8-9-4-6-15(7-5-9)13(21)14-10(12(19)20)2-1-3-11(17)18/h9-10,16H,1-8H2,(H,14,21)(H,17,18)(H,19,20)/t10-/m1/s1. The van der Waals surface area contributed by atoms with Crippen molar-refractivity contribution in [3.8, 4) is 0 Å². The van der Waals surface area contributed by atoms with E-state index in [1.807, 2.05) is 0 Å². The molecule has 0 aliphatic carbocycles. The number of carbonyl (C=O) groups excluding carboxylic acids is 1. The van der Waals surface area contributed by atoms with Crippen LogP contribution in [0.5, 0.6) is 0 Å². The number of urea groups is 1. The van der Waals surface area contributed by atoms with E-state index in [9.17, 15) is 14.4 Å². The van der Waals surface area contributed by atoms with E-state index in [1.165, 1.54) is 4.90 Å². The molecule has 1 heterocycles. The summed E-state index contributed by atoms with van der Waals surface area (Å²) >= 11 is 0. The molecule has 1 aliphatic rings. The van der Waals surface area contributed by atoms with Crippen LogP contribution in [-0.4, -0.2) is 63.9 Å². The third-order valence-corrected chi connectivity index (χ3v) is 3.64. The molecule has 120 valence electrons. The van der Waals surface area contributed by atoms with Crippen LogP contribution in [0.25, 0.3) is 0 Å². The van der Waals surface area contributed by atoms with Crippen LogP contribution in [0.1, 0.15) is 32.1 Å². The fourth-order valence-electron chi connectivity index (χ4n) is 2.27. The molecule has 0 aromatic heterocycles. The number of amides is 2. The molecule has 1 aliphatic heterocycles. The molecule has 0 saturated carbocycles. The minimum absolute atomic E-state index is 0.0838. The first-order valence-electron chi connectivity index (χ1n) is 7.05. The number of carboxylic acids is 2. The van der Waals surface area contributed by atoms with Crippen molar-refractivity contribution in [2.45, 2.75) is 38.1 Å². The van der Waals surface area contributed by atoms with Crippen molar-refractivity contribution in [3.63, 3.8) is 0 Å². The molecule has 1 rings (SSSR count). The van der Waals surface area contributed by atoms with Crippen molar-refractivity contribution in [1.82, 2.24) is 10.2 Å². The molecule has 0 radical (unpaired) electrons. The average Bonchev–Trinajstić information content (AvgIpc) is 2.45. The highest BCUT2D eigenvalue weighted by molar-refractivity contribution is 5.82. The molecule has 1 saturated heterocycles. The minimum Gasteiger partial charge on any atom is -0.481 e. The van der Waals surface area contributed by atoms with Crippen LogP contribution in [0.4, 0.5) is 4.79 Å². The molecule has 8 nitrogen and oxygen atoms in total. The summed E-state index contributed by atoms with van der Waals surface area (Å²) < 4.78 is 0. The van der Waals surface area contributed by atoms with E-state index in [2.05, 4.69) is 5.32 Å². The van der Waals surface area contributed by atoms with Crippen molar-refractivity contribution in [2.24, 2.45) is 5.92 Å². The molecular weight excluding hydrogens is 280 g/mol. The Labute approximate surface area is 122 Å². The van der Waals surface area contributed by atoms with Crippen molar-refractivity contribution in [1.29, 1.82) is 0 Å². The molecule has 21 heavy (non-hydrogen) atoms. The van der Waals surface area contributed by atoms with Gasteiger partial charge >= 0.3 is 18.0 Å². The van der Waals surface area contributed by atoms with Crippen LogP contribution in [0.2, 0.25) is 0 Å². The lowest BCUT2D eigenvalue weighted by Gasteiger charge is -2.32.